The van der Waals surface area contributed by atoms with Gasteiger partial charge in [0.2, 0.25) is 0 Å². The van der Waals surface area contributed by atoms with Crippen molar-refractivity contribution >= 4 is 17.3 Å². The molecule has 9 heteroatoms. The number of pyridine rings is 2. The lowest BCUT2D eigenvalue weighted by atomic mass is 9.81. The van der Waals surface area contributed by atoms with E-state index in [9.17, 15) is 9.65 Å². The van der Waals surface area contributed by atoms with Crippen molar-refractivity contribution in [3.8, 4) is 17.2 Å². The molecule has 1 saturated heterocycles. The number of hydrogen-bond donors (Lipinski definition) is 2. The van der Waals surface area contributed by atoms with E-state index in [1.807, 2.05) is 6.07 Å². The molecule has 200 valence electrons. The molecule has 0 amide bonds. The second kappa shape index (κ2) is 13.0. The maximum atomic E-state index is 14.9. The number of rotatable bonds is 10. The maximum Gasteiger partial charge on any atom is 0.149 e. The van der Waals surface area contributed by atoms with Gasteiger partial charge >= 0.3 is 0 Å². The van der Waals surface area contributed by atoms with Gasteiger partial charge in [-0.1, -0.05) is 11.6 Å². The number of nitriles is 1. The third kappa shape index (κ3) is 7.38. The average Bonchev–Trinajstić information content (AvgIpc) is 2.91. The number of methoxy groups -OCH3 is 1. The molecule has 0 bridgehead atoms. The van der Waals surface area contributed by atoms with Crippen LogP contribution in [0, 0.1) is 28.5 Å². The second-order valence-corrected chi connectivity index (χ2v) is 10.9. The minimum Gasteiger partial charge on any atom is -0.383 e. The Kier molecular flexibility index (Phi) is 9.71. The summed E-state index contributed by atoms with van der Waals surface area (Å²) in [7, 11) is 1.73. The molecule has 0 radical (unpaired) electrons. The molecular weight excluding hydrogens is 493 g/mol. The van der Waals surface area contributed by atoms with Crippen LogP contribution in [0.2, 0.25) is 5.15 Å². The van der Waals surface area contributed by atoms with Crippen molar-refractivity contribution in [2.75, 3.05) is 38.8 Å². The molecule has 2 aliphatic rings. The van der Waals surface area contributed by atoms with Crippen molar-refractivity contribution in [3.63, 3.8) is 0 Å². The SMILES string of the molecule is COC[C@H](C)NC1CCC(Cc2cc(-c3cc(NCC4(C#N)CCOCC4)cnc3Cl)c(F)cn2)CC1. The zero-order valence-electron chi connectivity index (χ0n) is 21.7. The third-order valence-corrected chi connectivity index (χ3v) is 7.94. The summed E-state index contributed by atoms with van der Waals surface area (Å²) in [6.07, 6.45) is 9.53. The smallest absolute Gasteiger partial charge is 0.149 e. The Morgan fingerprint density at radius 2 is 1.95 bits per heavy atom. The topological polar surface area (TPSA) is 92.1 Å². The molecule has 1 atom stereocenters. The van der Waals surface area contributed by atoms with Crippen molar-refractivity contribution in [2.45, 2.75) is 64.0 Å². The van der Waals surface area contributed by atoms with Crippen molar-refractivity contribution in [2.24, 2.45) is 11.3 Å². The van der Waals surface area contributed by atoms with Gasteiger partial charge in [0.1, 0.15) is 11.0 Å². The van der Waals surface area contributed by atoms with Gasteiger partial charge in [-0.3, -0.25) is 4.98 Å². The summed E-state index contributed by atoms with van der Waals surface area (Å²) in [5.74, 6) is 0.0902. The molecule has 1 saturated carbocycles. The Morgan fingerprint density at radius 3 is 2.65 bits per heavy atom. The molecule has 2 N–H and O–H groups in total. The Morgan fingerprint density at radius 1 is 1.19 bits per heavy atom. The summed E-state index contributed by atoms with van der Waals surface area (Å²) in [6.45, 7) is 4.49. The highest BCUT2D eigenvalue weighted by Crippen LogP contribution is 2.34. The molecular formula is C28H37ClFN5O2. The van der Waals surface area contributed by atoms with Gasteiger partial charge in [-0.05, 0) is 69.9 Å². The van der Waals surface area contributed by atoms with Crippen LogP contribution in [0.1, 0.15) is 51.1 Å². The maximum absolute atomic E-state index is 14.9. The van der Waals surface area contributed by atoms with Crippen LogP contribution >= 0.6 is 11.6 Å². The number of halogens is 2. The summed E-state index contributed by atoms with van der Waals surface area (Å²) in [5.41, 5.74) is 2.00. The van der Waals surface area contributed by atoms with E-state index in [4.69, 9.17) is 21.1 Å². The quantitative estimate of drug-likeness (QED) is 0.398. The van der Waals surface area contributed by atoms with Crippen LogP contribution in [0.4, 0.5) is 10.1 Å². The fourth-order valence-electron chi connectivity index (χ4n) is 5.42. The Labute approximate surface area is 224 Å². The molecule has 3 heterocycles. The average molecular weight is 530 g/mol. The largest absolute Gasteiger partial charge is 0.383 e. The van der Waals surface area contributed by atoms with Crippen molar-refractivity contribution in [1.29, 1.82) is 5.26 Å². The van der Waals surface area contributed by atoms with Crippen molar-refractivity contribution < 1.29 is 13.9 Å². The Balaban J connectivity index is 1.41. The number of nitrogens with zero attached hydrogens (tertiary/aromatic N) is 3. The lowest BCUT2D eigenvalue weighted by Crippen LogP contribution is -2.41. The number of ether oxygens (including phenoxy) is 2. The Bertz CT molecular complexity index is 1080. The molecule has 0 spiro atoms. The normalized spacial score (nSPS) is 22.2. The lowest BCUT2D eigenvalue weighted by molar-refractivity contribution is 0.0456. The van der Waals surface area contributed by atoms with Crippen LogP contribution in [0.5, 0.6) is 0 Å². The van der Waals surface area contributed by atoms with Gasteiger partial charge in [0, 0.05) is 55.8 Å². The highest BCUT2D eigenvalue weighted by Gasteiger charge is 2.32. The standard InChI is InChI=1S/C28H37ClFN5O2/c1-19(16-36-2)35-21-5-3-20(4-6-21)11-22-12-24(26(30)15-32-22)25-13-23(14-33-27(25)29)34-18-28(17-31)7-9-37-10-8-28/h12-15,19-21,34-35H,3-11,16,18H2,1-2H3/t19-,20?,21?/m0/s1. The lowest BCUT2D eigenvalue weighted by Gasteiger charge is -2.31. The van der Waals surface area contributed by atoms with Gasteiger partial charge in [0.15, 0.2) is 0 Å². The summed E-state index contributed by atoms with van der Waals surface area (Å²) in [6, 6.07) is 6.92. The number of hydrogen-bond acceptors (Lipinski definition) is 7. The monoisotopic (exact) mass is 529 g/mol. The fraction of sp³-hybridized carbons (Fsp3) is 0.607. The molecule has 2 aromatic rings. The highest BCUT2D eigenvalue weighted by atomic mass is 35.5. The van der Waals surface area contributed by atoms with Crippen molar-refractivity contribution in [3.05, 3.63) is 41.2 Å². The second-order valence-electron chi connectivity index (χ2n) is 10.5. The minimum atomic E-state index is -0.483. The van der Waals surface area contributed by atoms with E-state index < -0.39 is 11.2 Å². The van der Waals surface area contributed by atoms with Crippen LogP contribution in [0.3, 0.4) is 0 Å². The van der Waals surface area contributed by atoms with Gasteiger partial charge in [-0.25, -0.2) is 9.37 Å². The number of nitrogens with one attached hydrogen (secondary N) is 2. The molecule has 1 aliphatic heterocycles. The van der Waals surface area contributed by atoms with Gasteiger partial charge < -0.3 is 20.1 Å². The number of anilines is 1. The van der Waals surface area contributed by atoms with Crippen LogP contribution < -0.4 is 10.6 Å². The van der Waals surface area contributed by atoms with E-state index in [1.165, 1.54) is 6.20 Å². The van der Waals surface area contributed by atoms with E-state index in [1.54, 1.807) is 19.4 Å². The van der Waals surface area contributed by atoms with Crippen LogP contribution in [-0.2, 0) is 15.9 Å². The summed E-state index contributed by atoms with van der Waals surface area (Å²) in [5, 5.41) is 16.9. The summed E-state index contributed by atoms with van der Waals surface area (Å²) < 4.78 is 25.6. The molecule has 7 nitrogen and oxygen atoms in total. The van der Waals surface area contributed by atoms with Gasteiger partial charge in [0.05, 0.1) is 36.2 Å². The molecule has 0 aromatic carbocycles. The Hall–Kier alpha value is -2.31. The fourth-order valence-corrected chi connectivity index (χ4v) is 5.63. The zero-order chi connectivity index (χ0) is 26.3. The summed E-state index contributed by atoms with van der Waals surface area (Å²) >= 11 is 6.42. The van der Waals surface area contributed by atoms with Crippen LogP contribution in [0.25, 0.3) is 11.1 Å². The molecule has 0 unspecified atom stereocenters. The number of aromatic nitrogens is 2. The van der Waals surface area contributed by atoms with E-state index in [-0.39, 0.29) is 5.15 Å². The predicted molar refractivity (Wildman–Crippen MR) is 143 cm³/mol. The molecule has 4 rings (SSSR count). The first-order chi connectivity index (χ1) is 17.9. The first-order valence-corrected chi connectivity index (χ1v) is 13.6. The summed E-state index contributed by atoms with van der Waals surface area (Å²) in [4.78, 5) is 8.68. The predicted octanol–water partition coefficient (Wildman–Crippen LogP) is 5.39. The van der Waals surface area contributed by atoms with Gasteiger partial charge in [0.25, 0.3) is 0 Å². The molecule has 37 heavy (non-hydrogen) atoms. The molecule has 2 fully saturated rings. The van der Waals surface area contributed by atoms with Crippen LogP contribution in [0.15, 0.2) is 24.5 Å². The van der Waals surface area contributed by atoms with E-state index in [0.29, 0.717) is 74.0 Å². The van der Waals surface area contributed by atoms with E-state index >= 15 is 0 Å². The third-order valence-electron chi connectivity index (χ3n) is 7.64. The molecule has 2 aromatic heterocycles. The van der Waals surface area contributed by atoms with E-state index in [2.05, 4.69) is 33.6 Å². The zero-order valence-corrected chi connectivity index (χ0v) is 22.5. The molecule has 1 aliphatic carbocycles. The van der Waals surface area contributed by atoms with Crippen molar-refractivity contribution in [1.82, 2.24) is 15.3 Å². The van der Waals surface area contributed by atoms with Crippen LogP contribution in [-0.4, -0.2) is 55.5 Å². The highest BCUT2D eigenvalue weighted by molar-refractivity contribution is 6.32. The van der Waals surface area contributed by atoms with E-state index in [0.717, 1.165) is 37.8 Å². The first-order valence-electron chi connectivity index (χ1n) is 13.2. The van der Waals surface area contributed by atoms with Gasteiger partial charge in [-0.15, -0.1) is 0 Å². The minimum absolute atomic E-state index is 0.236. The first kappa shape index (κ1) is 27.7. The van der Waals surface area contributed by atoms with Gasteiger partial charge in [-0.2, -0.15) is 5.26 Å².